The summed E-state index contributed by atoms with van der Waals surface area (Å²) in [5.74, 6) is 1.77. The molecule has 1 saturated carbocycles. The van der Waals surface area contributed by atoms with Gasteiger partial charge in [0.1, 0.15) is 5.75 Å². The zero-order chi connectivity index (χ0) is 14.8. The van der Waals surface area contributed by atoms with E-state index in [2.05, 4.69) is 48.1 Å². The van der Waals surface area contributed by atoms with Crippen LogP contribution in [0.3, 0.4) is 0 Å². The molecule has 0 atom stereocenters. The van der Waals surface area contributed by atoms with Crippen LogP contribution in [0.15, 0.2) is 22.7 Å². The van der Waals surface area contributed by atoms with Crippen LogP contribution in [0.4, 0.5) is 5.69 Å². The van der Waals surface area contributed by atoms with Crippen LogP contribution in [-0.2, 0) is 0 Å². The third kappa shape index (κ3) is 3.91. The predicted molar refractivity (Wildman–Crippen MR) is 89.5 cm³/mol. The molecule has 0 radical (unpaired) electrons. The maximum absolute atomic E-state index is 5.43. The van der Waals surface area contributed by atoms with Gasteiger partial charge in [-0.25, -0.2) is 0 Å². The molecule has 0 unspecified atom stereocenters. The highest BCUT2D eigenvalue weighted by Crippen LogP contribution is 2.39. The Morgan fingerprint density at radius 1 is 1.15 bits per heavy atom. The second kappa shape index (κ2) is 6.38. The fourth-order valence-electron chi connectivity index (χ4n) is 3.12. The number of ether oxygens (including phenoxy) is 1. The average Bonchev–Trinajstić information content (AvgIpc) is 2.38. The quantitative estimate of drug-likeness (QED) is 0.787. The van der Waals surface area contributed by atoms with Gasteiger partial charge in [0.2, 0.25) is 0 Å². The summed E-state index contributed by atoms with van der Waals surface area (Å²) in [6.45, 7) is 7.09. The Hall–Kier alpha value is -0.700. The normalized spacial score (nSPS) is 23.4. The Morgan fingerprint density at radius 3 is 2.35 bits per heavy atom. The van der Waals surface area contributed by atoms with Crippen molar-refractivity contribution in [2.75, 3.05) is 12.4 Å². The van der Waals surface area contributed by atoms with E-state index in [1.54, 1.807) is 7.11 Å². The molecule has 0 aliphatic heterocycles. The Labute approximate surface area is 131 Å². The Morgan fingerprint density at radius 2 is 1.80 bits per heavy atom. The molecular weight excluding hydrogens is 314 g/mol. The zero-order valence-electron chi connectivity index (χ0n) is 13.0. The van der Waals surface area contributed by atoms with Gasteiger partial charge in [-0.15, -0.1) is 0 Å². The van der Waals surface area contributed by atoms with E-state index in [1.165, 1.54) is 25.7 Å². The van der Waals surface area contributed by atoms with E-state index in [1.807, 2.05) is 12.1 Å². The van der Waals surface area contributed by atoms with Crippen molar-refractivity contribution in [1.29, 1.82) is 0 Å². The molecule has 1 aliphatic carbocycles. The van der Waals surface area contributed by atoms with Crippen molar-refractivity contribution in [2.45, 2.75) is 52.5 Å². The molecule has 0 saturated heterocycles. The van der Waals surface area contributed by atoms with Gasteiger partial charge in [-0.2, -0.15) is 0 Å². The molecule has 1 fully saturated rings. The summed E-state index contributed by atoms with van der Waals surface area (Å²) in [6, 6.07) is 6.69. The van der Waals surface area contributed by atoms with Gasteiger partial charge in [0.05, 0.1) is 12.8 Å². The summed E-state index contributed by atoms with van der Waals surface area (Å²) in [4.78, 5) is 0. The molecule has 3 heteroatoms. The van der Waals surface area contributed by atoms with Gasteiger partial charge in [-0.05, 0) is 55.2 Å². The third-order valence-electron chi connectivity index (χ3n) is 4.47. The first-order chi connectivity index (χ1) is 9.40. The maximum atomic E-state index is 5.43. The molecular formula is C17H26BrNO. The summed E-state index contributed by atoms with van der Waals surface area (Å²) in [7, 11) is 1.73. The Bertz CT molecular complexity index is 445. The third-order valence-corrected chi connectivity index (χ3v) is 4.97. The number of nitrogens with one attached hydrogen (secondary N) is 1. The summed E-state index contributed by atoms with van der Waals surface area (Å²) >= 11 is 3.53. The molecule has 1 aromatic carbocycles. The van der Waals surface area contributed by atoms with Gasteiger partial charge in [0.15, 0.2) is 0 Å². The lowest BCUT2D eigenvalue weighted by Crippen LogP contribution is -2.31. The lowest BCUT2D eigenvalue weighted by Gasteiger charge is -2.37. The summed E-state index contributed by atoms with van der Waals surface area (Å²) in [5, 5.41) is 3.66. The number of hydrogen-bond donors (Lipinski definition) is 1. The molecule has 1 aromatic rings. The molecule has 0 bridgehead atoms. The van der Waals surface area contributed by atoms with E-state index in [0.717, 1.165) is 21.8 Å². The highest BCUT2D eigenvalue weighted by Gasteiger charge is 2.29. The van der Waals surface area contributed by atoms with Crippen LogP contribution in [-0.4, -0.2) is 13.2 Å². The van der Waals surface area contributed by atoms with Crippen LogP contribution >= 0.6 is 15.9 Å². The highest BCUT2D eigenvalue weighted by molar-refractivity contribution is 9.10. The van der Waals surface area contributed by atoms with E-state index in [4.69, 9.17) is 4.74 Å². The van der Waals surface area contributed by atoms with Crippen molar-refractivity contribution in [3.63, 3.8) is 0 Å². The van der Waals surface area contributed by atoms with Crippen molar-refractivity contribution >= 4 is 21.6 Å². The molecule has 2 nitrogen and oxygen atoms in total. The lowest BCUT2D eigenvalue weighted by molar-refractivity contribution is 0.173. The number of hydrogen-bond acceptors (Lipinski definition) is 2. The molecule has 1 aliphatic rings. The molecule has 0 spiro atoms. The summed E-state index contributed by atoms with van der Waals surface area (Å²) in [6.07, 6.45) is 5.13. The molecule has 0 amide bonds. The first-order valence-corrected chi connectivity index (χ1v) is 8.29. The Balaban J connectivity index is 1.97. The van der Waals surface area contributed by atoms with Gasteiger partial charge >= 0.3 is 0 Å². The monoisotopic (exact) mass is 339 g/mol. The number of benzene rings is 1. The van der Waals surface area contributed by atoms with E-state index >= 15 is 0 Å². The highest BCUT2D eigenvalue weighted by atomic mass is 79.9. The van der Waals surface area contributed by atoms with E-state index in [-0.39, 0.29) is 0 Å². The minimum absolute atomic E-state index is 0.443. The topological polar surface area (TPSA) is 21.3 Å². The first kappa shape index (κ1) is 15.7. The van der Waals surface area contributed by atoms with Gasteiger partial charge in [0.25, 0.3) is 0 Å². The van der Waals surface area contributed by atoms with Crippen LogP contribution in [0.25, 0.3) is 0 Å². The van der Waals surface area contributed by atoms with Crippen molar-refractivity contribution in [2.24, 2.45) is 11.3 Å². The predicted octanol–water partition coefficient (Wildman–Crippen LogP) is 5.47. The fraction of sp³-hybridized carbons (Fsp3) is 0.647. The summed E-state index contributed by atoms with van der Waals surface area (Å²) in [5.41, 5.74) is 1.54. The van der Waals surface area contributed by atoms with Crippen LogP contribution in [0.1, 0.15) is 46.5 Å². The molecule has 1 N–H and O–H groups in total. The minimum atomic E-state index is 0.443. The van der Waals surface area contributed by atoms with Gasteiger partial charge < -0.3 is 10.1 Å². The van der Waals surface area contributed by atoms with Crippen LogP contribution in [0.2, 0.25) is 0 Å². The SMILES string of the molecule is COc1ccc(Br)cc1NC1CCC(C(C)(C)C)CC1. The van der Waals surface area contributed by atoms with E-state index < -0.39 is 0 Å². The first-order valence-electron chi connectivity index (χ1n) is 7.50. The molecule has 0 heterocycles. The van der Waals surface area contributed by atoms with Crippen molar-refractivity contribution < 1.29 is 4.74 Å². The number of methoxy groups -OCH3 is 1. The second-order valence-electron chi connectivity index (χ2n) is 6.90. The van der Waals surface area contributed by atoms with Crippen LogP contribution in [0.5, 0.6) is 5.75 Å². The van der Waals surface area contributed by atoms with Crippen LogP contribution < -0.4 is 10.1 Å². The zero-order valence-corrected chi connectivity index (χ0v) is 14.6. The lowest BCUT2D eigenvalue weighted by atomic mass is 9.71. The second-order valence-corrected chi connectivity index (χ2v) is 7.82. The number of anilines is 1. The maximum Gasteiger partial charge on any atom is 0.142 e. The molecule has 112 valence electrons. The van der Waals surface area contributed by atoms with Crippen molar-refractivity contribution in [3.05, 3.63) is 22.7 Å². The molecule has 20 heavy (non-hydrogen) atoms. The van der Waals surface area contributed by atoms with Gasteiger partial charge in [-0.3, -0.25) is 0 Å². The van der Waals surface area contributed by atoms with Gasteiger partial charge in [-0.1, -0.05) is 36.7 Å². The minimum Gasteiger partial charge on any atom is -0.495 e. The standard InChI is InChI=1S/C17H26BrNO/c1-17(2,3)12-5-8-14(9-6-12)19-15-11-13(18)7-10-16(15)20-4/h7,10-12,14,19H,5-6,8-9H2,1-4H3. The number of rotatable bonds is 3. The average molecular weight is 340 g/mol. The van der Waals surface area contributed by atoms with Crippen molar-refractivity contribution in [3.8, 4) is 5.75 Å². The van der Waals surface area contributed by atoms with E-state index in [0.29, 0.717) is 11.5 Å². The Kier molecular flexibility index (Phi) is 5.00. The molecule has 2 rings (SSSR count). The van der Waals surface area contributed by atoms with E-state index in [9.17, 15) is 0 Å². The van der Waals surface area contributed by atoms with Crippen molar-refractivity contribution in [1.82, 2.24) is 0 Å². The van der Waals surface area contributed by atoms with Crippen LogP contribution in [0, 0.1) is 11.3 Å². The molecule has 0 aromatic heterocycles. The smallest absolute Gasteiger partial charge is 0.142 e. The fourth-order valence-corrected chi connectivity index (χ4v) is 3.48. The number of halogens is 1. The van der Waals surface area contributed by atoms with Gasteiger partial charge in [0, 0.05) is 10.5 Å². The largest absolute Gasteiger partial charge is 0.495 e. The summed E-state index contributed by atoms with van der Waals surface area (Å²) < 4.78 is 6.52.